The third-order valence-corrected chi connectivity index (χ3v) is 4.63. The molecular weight excluding hydrogens is 300 g/mol. The van der Waals surface area contributed by atoms with Gasteiger partial charge in [-0.2, -0.15) is 5.10 Å². The molecule has 4 heteroatoms. The third-order valence-electron chi connectivity index (χ3n) is 3.33. The zero-order valence-electron chi connectivity index (χ0n) is 11.6. The van der Waals surface area contributed by atoms with Crippen LogP contribution >= 0.6 is 23.4 Å². The maximum absolute atomic E-state index is 6.65. The maximum Gasteiger partial charge on any atom is 0.0876 e. The lowest BCUT2D eigenvalue weighted by atomic mass is 10.1. The van der Waals surface area contributed by atoms with Crippen LogP contribution in [0.2, 0.25) is 0 Å². The SMILES string of the molecule is CSc1ccccc1C(Cl)c1cnn(-c2ccccc2)c1. The van der Waals surface area contributed by atoms with Crippen molar-refractivity contribution in [2.75, 3.05) is 6.26 Å². The molecule has 21 heavy (non-hydrogen) atoms. The topological polar surface area (TPSA) is 17.8 Å². The van der Waals surface area contributed by atoms with Gasteiger partial charge in [-0.05, 0) is 30.0 Å². The molecule has 1 unspecified atom stereocenters. The molecular formula is C17H15ClN2S. The molecule has 0 radical (unpaired) electrons. The molecule has 0 spiro atoms. The van der Waals surface area contributed by atoms with E-state index in [1.165, 1.54) is 4.90 Å². The summed E-state index contributed by atoms with van der Waals surface area (Å²) < 4.78 is 1.85. The monoisotopic (exact) mass is 314 g/mol. The van der Waals surface area contributed by atoms with Gasteiger partial charge >= 0.3 is 0 Å². The second-order valence-electron chi connectivity index (χ2n) is 4.66. The molecule has 0 aliphatic rings. The largest absolute Gasteiger partial charge is 0.241 e. The van der Waals surface area contributed by atoms with Crippen molar-refractivity contribution in [1.29, 1.82) is 0 Å². The van der Waals surface area contributed by atoms with Gasteiger partial charge in [0, 0.05) is 16.7 Å². The summed E-state index contributed by atoms with van der Waals surface area (Å²) in [7, 11) is 0. The maximum atomic E-state index is 6.65. The first-order valence-electron chi connectivity index (χ1n) is 6.66. The van der Waals surface area contributed by atoms with Gasteiger partial charge in [-0.15, -0.1) is 23.4 Å². The van der Waals surface area contributed by atoms with E-state index in [-0.39, 0.29) is 5.38 Å². The van der Waals surface area contributed by atoms with E-state index in [9.17, 15) is 0 Å². The van der Waals surface area contributed by atoms with Crippen molar-refractivity contribution in [3.05, 3.63) is 78.1 Å². The number of aromatic nitrogens is 2. The van der Waals surface area contributed by atoms with E-state index in [0.29, 0.717) is 0 Å². The van der Waals surface area contributed by atoms with Gasteiger partial charge in [-0.3, -0.25) is 0 Å². The van der Waals surface area contributed by atoms with Crippen LogP contribution < -0.4 is 0 Å². The number of halogens is 1. The Kier molecular flexibility index (Phi) is 4.32. The normalized spacial score (nSPS) is 12.3. The van der Waals surface area contributed by atoms with Crippen LogP contribution in [0.15, 0.2) is 71.9 Å². The molecule has 2 aromatic carbocycles. The van der Waals surface area contributed by atoms with Crippen molar-refractivity contribution < 1.29 is 0 Å². The minimum Gasteiger partial charge on any atom is -0.241 e. The van der Waals surface area contributed by atoms with E-state index in [2.05, 4.69) is 23.5 Å². The first kappa shape index (κ1) is 14.2. The Morgan fingerprint density at radius 1 is 1.05 bits per heavy atom. The van der Waals surface area contributed by atoms with Crippen molar-refractivity contribution in [2.45, 2.75) is 10.3 Å². The summed E-state index contributed by atoms with van der Waals surface area (Å²) >= 11 is 8.36. The van der Waals surface area contributed by atoms with Crippen LogP contribution in [0.3, 0.4) is 0 Å². The fraction of sp³-hybridized carbons (Fsp3) is 0.118. The smallest absolute Gasteiger partial charge is 0.0876 e. The van der Waals surface area contributed by atoms with E-state index in [1.807, 2.05) is 59.5 Å². The highest BCUT2D eigenvalue weighted by molar-refractivity contribution is 7.98. The van der Waals surface area contributed by atoms with Gasteiger partial charge < -0.3 is 0 Å². The molecule has 2 nitrogen and oxygen atoms in total. The van der Waals surface area contributed by atoms with Crippen LogP contribution in [-0.4, -0.2) is 16.0 Å². The summed E-state index contributed by atoms with van der Waals surface area (Å²) in [5.74, 6) is 0. The van der Waals surface area contributed by atoms with E-state index in [4.69, 9.17) is 11.6 Å². The van der Waals surface area contributed by atoms with Crippen LogP contribution in [0, 0.1) is 0 Å². The second-order valence-corrected chi connectivity index (χ2v) is 5.94. The lowest BCUT2D eigenvalue weighted by molar-refractivity contribution is 0.880. The second kappa shape index (κ2) is 6.37. The number of thioether (sulfide) groups is 1. The van der Waals surface area contributed by atoms with Crippen LogP contribution in [-0.2, 0) is 0 Å². The van der Waals surface area contributed by atoms with Crippen LogP contribution in [0.4, 0.5) is 0 Å². The standard InChI is InChI=1S/C17H15ClN2S/c1-21-16-10-6-5-9-15(16)17(18)13-11-19-20(12-13)14-7-3-2-4-8-14/h2-12,17H,1H3. The van der Waals surface area contributed by atoms with Crippen molar-refractivity contribution in [1.82, 2.24) is 9.78 Å². The number of benzene rings is 2. The molecule has 0 N–H and O–H groups in total. The average molecular weight is 315 g/mol. The Bertz CT molecular complexity index is 724. The summed E-state index contributed by atoms with van der Waals surface area (Å²) in [6.45, 7) is 0. The number of hydrogen-bond acceptors (Lipinski definition) is 2. The Morgan fingerprint density at radius 2 is 1.76 bits per heavy atom. The van der Waals surface area contributed by atoms with E-state index in [1.54, 1.807) is 11.8 Å². The molecule has 3 rings (SSSR count). The van der Waals surface area contributed by atoms with Gasteiger partial charge in [0.15, 0.2) is 0 Å². The highest BCUT2D eigenvalue weighted by Gasteiger charge is 2.16. The Morgan fingerprint density at radius 3 is 2.52 bits per heavy atom. The fourth-order valence-corrected chi connectivity index (χ4v) is 3.25. The summed E-state index contributed by atoms with van der Waals surface area (Å²) in [5, 5.41) is 4.23. The molecule has 0 amide bonds. The predicted octanol–water partition coefficient (Wildman–Crippen LogP) is 4.92. The predicted molar refractivity (Wildman–Crippen MR) is 89.5 cm³/mol. The zero-order chi connectivity index (χ0) is 14.7. The van der Waals surface area contributed by atoms with E-state index < -0.39 is 0 Å². The molecule has 0 fully saturated rings. The molecule has 0 saturated heterocycles. The number of para-hydroxylation sites is 1. The first-order chi connectivity index (χ1) is 10.3. The molecule has 0 bridgehead atoms. The van der Waals surface area contributed by atoms with Crippen molar-refractivity contribution in [3.8, 4) is 5.69 Å². The highest BCUT2D eigenvalue weighted by atomic mass is 35.5. The van der Waals surface area contributed by atoms with Crippen molar-refractivity contribution in [2.24, 2.45) is 0 Å². The molecule has 1 atom stereocenters. The molecule has 0 aliphatic carbocycles. The average Bonchev–Trinajstić information content (AvgIpc) is 3.05. The lowest BCUT2D eigenvalue weighted by Crippen LogP contribution is -1.95. The molecule has 1 heterocycles. The quantitative estimate of drug-likeness (QED) is 0.502. The Hall–Kier alpha value is -1.71. The lowest BCUT2D eigenvalue weighted by Gasteiger charge is -2.11. The number of rotatable bonds is 4. The number of alkyl halides is 1. The van der Waals surface area contributed by atoms with Gasteiger partial charge in [-0.25, -0.2) is 4.68 Å². The van der Waals surface area contributed by atoms with E-state index >= 15 is 0 Å². The molecule has 0 saturated carbocycles. The Labute approximate surface area is 133 Å². The highest BCUT2D eigenvalue weighted by Crippen LogP contribution is 2.34. The molecule has 3 aromatic rings. The van der Waals surface area contributed by atoms with Crippen LogP contribution in [0.1, 0.15) is 16.5 Å². The minimum atomic E-state index is -0.189. The summed E-state index contributed by atoms with van der Waals surface area (Å²) in [4.78, 5) is 1.20. The number of hydrogen-bond donors (Lipinski definition) is 0. The molecule has 0 aliphatic heterocycles. The summed E-state index contributed by atoms with van der Waals surface area (Å²) in [6, 6.07) is 18.3. The van der Waals surface area contributed by atoms with Gasteiger partial charge in [0.1, 0.15) is 0 Å². The molecule has 106 valence electrons. The third kappa shape index (κ3) is 2.99. The fourth-order valence-electron chi connectivity index (χ4n) is 2.24. The van der Waals surface area contributed by atoms with E-state index in [0.717, 1.165) is 16.8 Å². The van der Waals surface area contributed by atoms with Crippen LogP contribution in [0.25, 0.3) is 5.69 Å². The van der Waals surface area contributed by atoms with Gasteiger partial charge in [-0.1, -0.05) is 36.4 Å². The van der Waals surface area contributed by atoms with Crippen molar-refractivity contribution in [3.63, 3.8) is 0 Å². The molecule has 1 aromatic heterocycles. The van der Waals surface area contributed by atoms with Crippen molar-refractivity contribution >= 4 is 23.4 Å². The first-order valence-corrected chi connectivity index (χ1v) is 8.32. The number of nitrogens with zero attached hydrogens (tertiary/aromatic N) is 2. The minimum absolute atomic E-state index is 0.189. The Balaban J connectivity index is 1.93. The van der Waals surface area contributed by atoms with Gasteiger partial charge in [0.2, 0.25) is 0 Å². The van der Waals surface area contributed by atoms with Gasteiger partial charge in [0.05, 0.1) is 17.3 Å². The summed E-state index contributed by atoms with van der Waals surface area (Å²) in [5.41, 5.74) is 3.16. The zero-order valence-corrected chi connectivity index (χ0v) is 13.2. The van der Waals surface area contributed by atoms with Crippen LogP contribution in [0.5, 0.6) is 0 Å². The van der Waals surface area contributed by atoms with Gasteiger partial charge in [0.25, 0.3) is 0 Å². The summed E-state index contributed by atoms with van der Waals surface area (Å²) in [6.07, 6.45) is 5.89.